The number of aliphatic hydroxyl groups excluding tert-OH is 1. The molecule has 0 saturated carbocycles. The van der Waals surface area contributed by atoms with E-state index in [1.165, 1.54) is 0 Å². The third-order valence-electron chi connectivity index (χ3n) is 3.39. The summed E-state index contributed by atoms with van der Waals surface area (Å²) in [7, 11) is 3.56. The summed E-state index contributed by atoms with van der Waals surface area (Å²) in [4.78, 5) is 0. The van der Waals surface area contributed by atoms with E-state index in [0.29, 0.717) is 13.2 Å². The van der Waals surface area contributed by atoms with Gasteiger partial charge in [-0.2, -0.15) is 0 Å². The van der Waals surface area contributed by atoms with Crippen LogP contribution in [0.15, 0.2) is 30.3 Å². The fourth-order valence-electron chi connectivity index (χ4n) is 2.07. The molecule has 0 spiro atoms. The molecule has 0 heterocycles. The van der Waals surface area contributed by atoms with Gasteiger partial charge in [0, 0.05) is 26.9 Å². The second-order valence-electron chi connectivity index (χ2n) is 4.56. The Bertz CT molecular complexity index is 325. The molecular weight excluding hydrogens is 242 g/mol. The monoisotopic (exact) mass is 267 g/mol. The van der Waals surface area contributed by atoms with Crippen molar-refractivity contribution in [3.63, 3.8) is 0 Å². The zero-order chi connectivity index (χ0) is 14.0. The van der Waals surface area contributed by atoms with Crippen LogP contribution in [-0.2, 0) is 15.0 Å². The minimum absolute atomic E-state index is 0.0505. The minimum Gasteiger partial charge on any atom is -0.394 e. The van der Waals surface area contributed by atoms with E-state index in [9.17, 15) is 5.11 Å². The summed E-state index contributed by atoms with van der Waals surface area (Å²) in [5.41, 5.74) is 0.656. The van der Waals surface area contributed by atoms with E-state index in [-0.39, 0.29) is 6.61 Å². The van der Waals surface area contributed by atoms with Gasteiger partial charge < -0.3 is 19.9 Å². The van der Waals surface area contributed by atoms with Crippen molar-refractivity contribution in [3.8, 4) is 0 Å². The SMILES string of the molecule is CNC(CO)(CCOCCCOC)c1ccccc1. The number of aliphatic hydroxyl groups is 1. The van der Waals surface area contributed by atoms with Gasteiger partial charge in [-0.3, -0.25) is 0 Å². The third kappa shape index (κ3) is 4.91. The van der Waals surface area contributed by atoms with Gasteiger partial charge in [-0.1, -0.05) is 30.3 Å². The quantitative estimate of drug-likeness (QED) is 0.631. The maximum absolute atomic E-state index is 9.73. The van der Waals surface area contributed by atoms with Crippen molar-refractivity contribution in [2.45, 2.75) is 18.4 Å². The molecule has 0 radical (unpaired) electrons. The van der Waals surface area contributed by atoms with Gasteiger partial charge in [-0.15, -0.1) is 0 Å². The number of ether oxygens (including phenoxy) is 2. The topological polar surface area (TPSA) is 50.7 Å². The highest BCUT2D eigenvalue weighted by Gasteiger charge is 2.29. The fourth-order valence-corrected chi connectivity index (χ4v) is 2.07. The van der Waals surface area contributed by atoms with Crippen LogP contribution in [0, 0.1) is 0 Å². The van der Waals surface area contributed by atoms with Crippen LogP contribution < -0.4 is 5.32 Å². The first-order valence-corrected chi connectivity index (χ1v) is 6.71. The lowest BCUT2D eigenvalue weighted by Crippen LogP contribution is -2.44. The Kier molecular flexibility index (Phi) is 7.67. The lowest BCUT2D eigenvalue weighted by molar-refractivity contribution is 0.0693. The number of hydrogen-bond acceptors (Lipinski definition) is 4. The van der Waals surface area contributed by atoms with E-state index in [2.05, 4.69) is 5.32 Å². The Morgan fingerprint density at radius 3 is 2.47 bits per heavy atom. The standard InChI is InChI=1S/C15H25NO3/c1-16-15(13-17,14-7-4-3-5-8-14)9-12-19-11-6-10-18-2/h3-5,7-8,16-17H,6,9-13H2,1-2H3. The average molecular weight is 267 g/mol. The van der Waals surface area contributed by atoms with Gasteiger partial charge in [0.15, 0.2) is 0 Å². The molecule has 0 bridgehead atoms. The molecule has 19 heavy (non-hydrogen) atoms. The zero-order valence-corrected chi connectivity index (χ0v) is 11.9. The number of hydrogen-bond donors (Lipinski definition) is 2. The van der Waals surface area contributed by atoms with Crippen LogP contribution in [0.1, 0.15) is 18.4 Å². The fraction of sp³-hybridized carbons (Fsp3) is 0.600. The first-order chi connectivity index (χ1) is 9.29. The molecule has 4 heteroatoms. The van der Waals surface area contributed by atoms with Crippen LogP contribution in [0.3, 0.4) is 0 Å². The van der Waals surface area contributed by atoms with Gasteiger partial charge in [-0.25, -0.2) is 0 Å². The van der Waals surface area contributed by atoms with Crippen molar-refractivity contribution in [3.05, 3.63) is 35.9 Å². The number of nitrogens with one attached hydrogen (secondary N) is 1. The van der Waals surface area contributed by atoms with Crippen LogP contribution in [0.5, 0.6) is 0 Å². The number of methoxy groups -OCH3 is 1. The summed E-state index contributed by atoms with van der Waals surface area (Å²) < 4.78 is 10.6. The summed E-state index contributed by atoms with van der Waals surface area (Å²) in [5, 5.41) is 13.0. The molecule has 4 nitrogen and oxygen atoms in total. The lowest BCUT2D eigenvalue weighted by Gasteiger charge is -2.32. The third-order valence-corrected chi connectivity index (χ3v) is 3.39. The summed E-state index contributed by atoms with van der Waals surface area (Å²) in [6, 6.07) is 9.99. The molecule has 0 aliphatic heterocycles. The van der Waals surface area contributed by atoms with Gasteiger partial charge >= 0.3 is 0 Å². The number of benzene rings is 1. The Balaban J connectivity index is 2.48. The summed E-state index contributed by atoms with van der Waals surface area (Å²) in [6.45, 7) is 2.07. The van der Waals surface area contributed by atoms with Crippen molar-refractivity contribution in [2.24, 2.45) is 0 Å². The molecule has 0 amide bonds. The number of rotatable bonds is 10. The zero-order valence-electron chi connectivity index (χ0n) is 11.9. The molecule has 1 aromatic carbocycles. The van der Waals surface area contributed by atoms with E-state index in [1.54, 1.807) is 7.11 Å². The van der Waals surface area contributed by atoms with Crippen molar-refractivity contribution >= 4 is 0 Å². The predicted molar refractivity (Wildman–Crippen MR) is 76.2 cm³/mol. The van der Waals surface area contributed by atoms with Crippen molar-refractivity contribution < 1.29 is 14.6 Å². The Labute approximate surface area is 115 Å². The molecule has 0 aromatic heterocycles. The van der Waals surface area contributed by atoms with E-state index in [1.807, 2.05) is 37.4 Å². The Hall–Kier alpha value is -0.940. The summed E-state index contributed by atoms with van der Waals surface area (Å²) in [6.07, 6.45) is 1.63. The number of likely N-dealkylation sites (N-methyl/N-ethyl adjacent to an activating group) is 1. The second-order valence-corrected chi connectivity index (χ2v) is 4.56. The van der Waals surface area contributed by atoms with Crippen LogP contribution in [0.2, 0.25) is 0 Å². The van der Waals surface area contributed by atoms with E-state index >= 15 is 0 Å². The second kappa shape index (κ2) is 9.04. The largest absolute Gasteiger partial charge is 0.394 e. The highest BCUT2D eigenvalue weighted by Crippen LogP contribution is 2.24. The van der Waals surface area contributed by atoms with Crippen molar-refractivity contribution in [1.82, 2.24) is 5.32 Å². The van der Waals surface area contributed by atoms with E-state index in [4.69, 9.17) is 9.47 Å². The van der Waals surface area contributed by atoms with Crippen LogP contribution in [0.25, 0.3) is 0 Å². The van der Waals surface area contributed by atoms with Gasteiger partial charge in [-0.05, 0) is 25.5 Å². The smallest absolute Gasteiger partial charge is 0.0688 e. The molecule has 2 N–H and O–H groups in total. The molecule has 0 aliphatic rings. The van der Waals surface area contributed by atoms with Gasteiger partial charge in [0.1, 0.15) is 0 Å². The normalized spacial score (nSPS) is 14.3. The molecule has 1 aromatic rings. The molecular formula is C15H25NO3. The summed E-state index contributed by atoms with van der Waals surface area (Å²) in [5.74, 6) is 0. The first-order valence-electron chi connectivity index (χ1n) is 6.71. The Morgan fingerprint density at radius 1 is 1.16 bits per heavy atom. The van der Waals surface area contributed by atoms with Crippen LogP contribution in [-0.4, -0.2) is 45.7 Å². The predicted octanol–water partition coefficient (Wildman–Crippen LogP) is 1.54. The first kappa shape index (κ1) is 16.1. The van der Waals surface area contributed by atoms with Gasteiger partial charge in [0.25, 0.3) is 0 Å². The highest BCUT2D eigenvalue weighted by molar-refractivity contribution is 5.24. The maximum atomic E-state index is 9.73. The molecule has 0 fully saturated rings. The highest BCUT2D eigenvalue weighted by atomic mass is 16.5. The van der Waals surface area contributed by atoms with E-state index in [0.717, 1.165) is 25.0 Å². The Morgan fingerprint density at radius 2 is 1.89 bits per heavy atom. The average Bonchev–Trinajstić information content (AvgIpc) is 2.48. The van der Waals surface area contributed by atoms with Crippen molar-refractivity contribution in [1.29, 1.82) is 0 Å². The minimum atomic E-state index is -0.428. The van der Waals surface area contributed by atoms with Gasteiger partial charge in [0.05, 0.1) is 12.1 Å². The molecule has 108 valence electrons. The summed E-state index contributed by atoms with van der Waals surface area (Å²) >= 11 is 0. The van der Waals surface area contributed by atoms with E-state index < -0.39 is 5.54 Å². The molecule has 0 saturated heterocycles. The van der Waals surface area contributed by atoms with Crippen LogP contribution in [0.4, 0.5) is 0 Å². The maximum Gasteiger partial charge on any atom is 0.0688 e. The molecule has 0 aliphatic carbocycles. The molecule has 1 atom stereocenters. The lowest BCUT2D eigenvalue weighted by atomic mass is 9.88. The van der Waals surface area contributed by atoms with Gasteiger partial charge in [0.2, 0.25) is 0 Å². The molecule has 1 rings (SSSR count). The van der Waals surface area contributed by atoms with Crippen molar-refractivity contribution in [2.75, 3.05) is 40.6 Å². The van der Waals surface area contributed by atoms with Crippen LogP contribution >= 0.6 is 0 Å². The molecule has 1 unspecified atom stereocenters.